The van der Waals surface area contributed by atoms with Gasteiger partial charge in [-0.25, -0.2) is 9.59 Å². The molecule has 2 aromatic rings. The molecule has 0 aliphatic heterocycles. The first kappa shape index (κ1) is 36.2. The van der Waals surface area contributed by atoms with Gasteiger partial charge in [-0.1, -0.05) is 29.8 Å². The number of carbonyl (C=O) groups excluding carboxylic acids is 4. The van der Waals surface area contributed by atoms with Crippen LogP contribution in [0.15, 0.2) is 53.4 Å². The molecule has 232 valence electrons. The number of nitrogens with one attached hydrogen (secondary N) is 2. The molecule has 2 rings (SSSR count). The fraction of sp³-hybridized carbons (Fsp3) is 0.448. The number of unbranched alkanes of at least 4 members (excludes halogenated alkanes) is 1. The van der Waals surface area contributed by atoms with E-state index in [1.165, 1.54) is 26.0 Å². The number of urea groups is 1. The summed E-state index contributed by atoms with van der Waals surface area (Å²) in [5.41, 5.74) is 7.25. The van der Waals surface area contributed by atoms with E-state index in [0.29, 0.717) is 31.6 Å². The number of ether oxygens (including phenoxy) is 2. The van der Waals surface area contributed by atoms with E-state index < -0.39 is 34.2 Å². The van der Waals surface area contributed by atoms with Gasteiger partial charge in [0.05, 0.1) is 18.0 Å². The van der Waals surface area contributed by atoms with Crippen LogP contribution in [0.5, 0.6) is 5.75 Å². The molecule has 5 N–H and O–H groups in total. The molecule has 0 heterocycles. The Morgan fingerprint density at radius 3 is 2.00 bits per heavy atom. The first-order valence-corrected chi connectivity index (χ1v) is 14.8. The number of hydrogen-bond acceptors (Lipinski definition) is 9. The van der Waals surface area contributed by atoms with Crippen LogP contribution in [0, 0.1) is 6.92 Å². The highest BCUT2D eigenvalue weighted by atomic mass is 32.2. The van der Waals surface area contributed by atoms with Crippen LogP contribution in [-0.2, 0) is 35.8 Å². The Bertz CT molecular complexity index is 1260. The molecule has 0 aliphatic rings. The van der Waals surface area contributed by atoms with Crippen molar-refractivity contribution in [2.24, 2.45) is 5.73 Å². The summed E-state index contributed by atoms with van der Waals surface area (Å²) in [6.45, 7) is 5.12. The molecule has 0 bridgehead atoms. The van der Waals surface area contributed by atoms with E-state index in [0.717, 1.165) is 11.1 Å². The molecule has 0 spiro atoms. The lowest BCUT2D eigenvalue weighted by atomic mass is 10.1. The van der Waals surface area contributed by atoms with Crippen molar-refractivity contribution in [3.63, 3.8) is 0 Å². The number of benzene rings is 2. The fourth-order valence-corrected chi connectivity index (χ4v) is 3.99. The van der Waals surface area contributed by atoms with Gasteiger partial charge in [-0.15, -0.1) is 0 Å². The molecule has 12 nitrogen and oxygen atoms in total. The zero-order valence-corrected chi connectivity index (χ0v) is 25.2. The minimum Gasteiger partial charge on any atom is -0.497 e. The van der Waals surface area contributed by atoms with Crippen LogP contribution in [0.1, 0.15) is 57.1 Å². The number of rotatable bonds is 15. The van der Waals surface area contributed by atoms with Gasteiger partial charge in [-0.05, 0) is 82.8 Å². The van der Waals surface area contributed by atoms with Gasteiger partial charge in [0, 0.05) is 6.42 Å². The monoisotopic (exact) mass is 607 g/mol. The zero-order valence-electron chi connectivity index (χ0n) is 24.4. The number of nitrogens with two attached hydrogens (primary N) is 1. The first-order valence-electron chi connectivity index (χ1n) is 13.4. The Labute approximate surface area is 247 Å². The molecular formula is C29H41N3O9S. The summed E-state index contributed by atoms with van der Waals surface area (Å²) < 4.78 is 40.0. The van der Waals surface area contributed by atoms with E-state index in [4.69, 9.17) is 19.8 Å². The molecule has 0 unspecified atom stereocenters. The van der Waals surface area contributed by atoms with Gasteiger partial charge in [0.1, 0.15) is 24.2 Å². The number of ketones is 2. The molecular weight excluding hydrogens is 566 g/mol. The van der Waals surface area contributed by atoms with Crippen LogP contribution in [0.2, 0.25) is 0 Å². The average Bonchev–Trinajstić information content (AvgIpc) is 2.93. The Morgan fingerprint density at radius 1 is 0.905 bits per heavy atom. The smallest absolute Gasteiger partial charge is 0.329 e. The lowest BCUT2D eigenvalue weighted by molar-refractivity contribution is -0.147. The molecule has 0 saturated carbocycles. The predicted molar refractivity (Wildman–Crippen MR) is 157 cm³/mol. The van der Waals surface area contributed by atoms with E-state index in [-0.39, 0.29) is 35.9 Å². The van der Waals surface area contributed by atoms with Crippen LogP contribution in [-0.4, -0.2) is 62.3 Å². The number of aryl methyl sites for hydroxylation is 1. The second-order valence-corrected chi connectivity index (χ2v) is 11.0. The standard InChI is InChI=1S/C22H33N3O6.C7H8O3S/c1-15(26)7-12-19(16(2)27)24-22(29)25-20(6-4-5-13-23)21(28)31-14-17-8-10-18(30-3)11-9-17;1-6-2-4-7(5-3-6)11(8,9)10/h8-11,19-20H,4-7,12-14,23H2,1-3H3,(H2,24,25,29);2-5H,1H3,(H,8,9,10)/t19-,20-;/m1./s1. The van der Waals surface area contributed by atoms with Gasteiger partial charge < -0.3 is 30.6 Å². The minimum atomic E-state index is -4.02. The first-order chi connectivity index (χ1) is 19.8. The van der Waals surface area contributed by atoms with Crippen LogP contribution in [0.3, 0.4) is 0 Å². The van der Waals surface area contributed by atoms with Gasteiger partial charge in [-0.3, -0.25) is 9.35 Å². The zero-order chi connectivity index (χ0) is 31.7. The fourth-order valence-electron chi connectivity index (χ4n) is 3.51. The Balaban J connectivity index is 0.000000666. The second-order valence-electron chi connectivity index (χ2n) is 9.60. The third kappa shape index (κ3) is 14.7. The summed E-state index contributed by atoms with van der Waals surface area (Å²) in [5.74, 6) is -0.225. The van der Waals surface area contributed by atoms with Gasteiger partial charge in [0.15, 0.2) is 5.78 Å². The topological polar surface area (TPSA) is 191 Å². The summed E-state index contributed by atoms with van der Waals surface area (Å²) in [7, 11) is -2.46. The third-order valence-corrected chi connectivity index (χ3v) is 6.84. The summed E-state index contributed by atoms with van der Waals surface area (Å²) in [4.78, 5) is 47.8. The second kappa shape index (κ2) is 18.6. The molecule has 0 aromatic heterocycles. The normalized spacial score (nSPS) is 12.1. The predicted octanol–water partition coefficient (Wildman–Crippen LogP) is 3.10. The molecule has 0 radical (unpaired) electrons. The van der Waals surface area contributed by atoms with Crippen LogP contribution < -0.4 is 21.1 Å². The van der Waals surface area contributed by atoms with Crippen molar-refractivity contribution in [1.29, 1.82) is 0 Å². The Hall–Kier alpha value is -3.81. The highest BCUT2D eigenvalue weighted by molar-refractivity contribution is 7.85. The summed E-state index contributed by atoms with van der Waals surface area (Å²) in [5, 5.41) is 5.12. The molecule has 0 fully saturated rings. The molecule has 0 aliphatic carbocycles. The van der Waals surface area contributed by atoms with Crippen LogP contribution >= 0.6 is 0 Å². The van der Waals surface area contributed by atoms with Crippen molar-refractivity contribution < 1.29 is 41.6 Å². The largest absolute Gasteiger partial charge is 0.497 e. The number of carbonyl (C=O) groups is 4. The van der Waals surface area contributed by atoms with Crippen LogP contribution in [0.4, 0.5) is 4.79 Å². The average molecular weight is 608 g/mol. The number of Topliss-reactive ketones (excluding diaryl/α,β-unsaturated/α-hetero) is 2. The van der Waals surface area contributed by atoms with Crippen molar-refractivity contribution in [3.05, 3.63) is 59.7 Å². The van der Waals surface area contributed by atoms with E-state index in [2.05, 4.69) is 10.6 Å². The SMILES string of the molecule is COc1ccc(COC(=O)[C@@H](CCCCN)NC(=O)N[C@H](CCC(C)=O)C(C)=O)cc1.Cc1ccc(S(=O)(=O)O)cc1. The minimum absolute atomic E-state index is 0.0498. The quantitative estimate of drug-likeness (QED) is 0.133. The summed E-state index contributed by atoms with van der Waals surface area (Å²) >= 11 is 0. The van der Waals surface area contributed by atoms with Crippen molar-refractivity contribution in [2.75, 3.05) is 13.7 Å². The molecule has 42 heavy (non-hydrogen) atoms. The van der Waals surface area contributed by atoms with E-state index in [1.807, 2.05) is 6.92 Å². The lowest BCUT2D eigenvalue weighted by Crippen LogP contribution is -2.51. The van der Waals surface area contributed by atoms with E-state index >= 15 is 0 Å². The maximum absolute atomic E-state index is 12.6. The molecule has 2 aromatic carbocycles. The van der Waals surface area contributed by atoms with Crippen molar-refractivity contribution in [1.82, 2.24) is 10.6 Å². The van der Waals surface area contributed by atoms with Crippen molar-refractivity contribution >= 4 is 33.7 Å². The van der Waals surface area contributed by atoms with Gasteiger partial charge in [-0.2, -0.15) is 8.42 Å². The third-order valence-electron chi connectivity index (χ3n) is 5.98. The molecule has 13 heteroatoms. The van der Waals surface area contributed by atoms with Gasteiger partial charge >= 0.3 is 12.0 Å². The lowest BCUT2D eigenvalue weighted by Gasteiger charge is -2.21. The number of esters is 1. The van der Waals surface area contributed by atoms with Gasteiger partial charge in [0.25, 0.3) is 10.1 Å². The number of methoxy groups -OCH3 is 1. The number of hydrogen-bond donors (Lipinski definition) is 4. The molecule has 2 amide bonds. The summed E-state index contributed by atoms with van der Waals surface area (Å²) in [6, 6.07) is 10.7. The Kier molecular flexibility index (Phi) is 16.0. The molecule has 0 saturated heterocycles. The molecule has 2 atom stereocenters. The van der Waals surface area contributed by atoms with E-state index in [1.54, 1.807) is 43.5 Å². The van der Waals surface area contributed by atoms with Crippen LogP contribution in [0.25, 0.3) is 0 Å². The maximum atomic E-state index is 12.6. The highest BCUT2D eigenvalue weighted by Gasteiger charge is 2.24. The van der Waals surface area contributed by atoms with Crippen molar-refractivity contribution in [2.45, 2.75) is 76.5 Å². The van der Waals surface area contributed by atoms with Crippen molar-refractivity contribution in [3.8, 4) is 5.75 Å². The van der Waals surface area contributed by atoms with E-state index in [9.17, 15) is 27.6 Å². The maximum Gasteiger partial charge on any atom is 0.329 e. The Morgan fingerprint density at radius 2 is 1.50 bits per heavy atom. The summed E-state index contributed by atoms with van der Waals surface area (Å²) in [6.07, 6.45) is 2.05. The number of amides is 2. The highest BCUT2D eigenvalue weighted by Crippen LogP contribution is 2.13. The van der Waals surface area contributed by atoms with Gasteiger partial charge in [0.2, 0.25) is 0 Å².